The molecule has 0 unspecified atom stereocenters. The predicted molar refractivity (Wildman–Crippen MR) is 103 cm³/mol. The SMILES string of the molecule is Cc1ccc(C)c(S(=O)(=O)N2CCC(Cc3ccc(C(F)(F)F)cc3)CC2)c1. The van der Waals surface area contributed by atoms with Crippen LogP contribution in [0.15, 0.2) is 47.4 Å². The van der Waals surface area contributed by atoms with Crippen molar-refractivity contribution in [2.24, 2.45) is 5.92 Å². The van der Waals surface area contributed by atoms with E-state index in [-0.39, 0.29) is 5.92 Å². The van der Waals surface area contributed by atoms with Crippen LogP contribution in [0, 0.1) is 19.8 Å². The number of nitrogens with zero attached hydrogens (tertiary/aromatic N) is 1. The summed E-state index contributed by atoms with van der Waals surface area (Å²) < 4.78 is 65.5. The molecule has 1 aliphatic rings. The molecule has 3 rings (SSSR count). The Morgan fingerprint density at radius 2 is 1.61 bits per heavy atom. The molecule has 0 spiro atoms. The molecule has 152 valence electrons. The Labute approximate surface area is 164 Å². The minimum Gasteiger partial charge on any atom is -0.207 e. The minimum absolute atomic E-state index is 0.266. The first-order valence-electron chi connectivity index (χ1n) is 9.31. The van der Waals surface area contributed by atoms with Gasteiger partial charge >= 0.3 is 6.18 Å². The lowest BCUT2D eigenvalue weighted by atomic mass is 9.91. The van der Waals surface area contributed by atoms with Gasteiger partial charge in [-0.2, -0.15) is 17.5 Å². The fraction of sp³-hybridized carbons (Fsp3) is 0.429. The molecule has 0 atom stereocenters. The molecule has 3 nitrogen and oxygen atoms in total. The van der Waals surface area contributed by atoms with Gasteiger partial charge in [0.2, 0.25) is 10.0 Å². The normalized spacial score (nSPS) is 17.0. The Morgan fingerprint density at radius 1 is 1.00 bits per heavy atom. The zero-order chi connectivity index (χ0) is 20.5. The highest BCUT2D eigenvalue weighted by Gasteiger charge is 2.32. The summed E-state index contributed by atoms with van der Waals surface area (Å²) in [7, 11) is -3.53. The molecule has 2 aromatic rings. The first-order chi connectivity index (χ1) is 13.1. The Balaban J connectivity index is 1.63. The van der Waals surface area contributed by atoms with E-state index in [4.69, 9.17) is 0 Å². The van der Waals surface area contributed by atoms with Gasteiger partial charge in [0, 0.05) is 13.1 Å². The lowest BCUT2D eigenvalue weighted by Gasteiger charge is -2.31. The highest BCUT2D eigenvalue weighted by atomic mass is 32.2. The third-order valence-corrected chi connectivity index (χ3v) is 7.38. The molecule has 1 saturated heterocycles. The fourth-order valence-electron chi connectivity index (χ4n) is 3.64. The van der Waals surface area contributed by atoms with Gasteiger partial charge in [-0.05, 0) is 73.9 Å². The molecule has 0 aromatic heterocycles. The third-order valence-electron chi connectivity index (χ3n) is 5.34. The second-order valence-electron chi connectivity index (χ2n) is 7.52. The van der Waals surface area contributed by atoms with Crippen LogP contribution in [-0.2, 0) is 22.6 Å². The van der Waals surface area contributed by atoms with Crippen LogP contribution in [0.3, 0.4) is 0 Å². The summed E-state index contributed by atoms with van der Waals surface area (Å²) in [6.07, 6.45) is -2.27. The van der Waals surface area contributed by atoms with Crippen molar-refractivity contribution in [3.63, 3.8) is 0 Å². The van der Waals surface area contributed by atoms with Crippen LogP contribution in [-0.4, -0.2) is 25.8 Å². The van der Waals surface area contributed by atoms with Gasteiger partial charge < -0.3 is 0 Å². The van der Waals surface area contributed by atoms with Gasteiger partial charge in [-0.1, -0.05) is 24.3 Å². The van der Waals surface area contributed by atoms with Gasteiger partial charge in [-0.3, -0.25) is 0 Å². The molecule has 0 aliphatic carbocycles. The van der Waals surface area contributed by atoms with Crippen LogP contribution in [0.1, 0.15) is 35.1 Å². The van der Waals surface area contributed by atoms with E-state index >= 15 is 0 Å². The van der Waals surface area contributed by atoms with Crippen molar-refractivity contribution in [1.29, 1.82) is 0 Å². The van der Waals surface area contributed by atoms with Crippen LogP contribution in [0.2, 0.25) is 0 Å². The lowest BCUT2D eigenvalue weighted by Crippen LogP contribution is -2.39. The highest BCUT2D eigenvalue weighted by Crippen LogP contribution is 2.31. The summed E-state index contributed by atoms with van der Waals surface area (Å²) in [5, 5.41) is 0. The molecule has 1 aliphatic heterocycles. The third kappa shape index (κ3) is 4.58. The maximum absolute atomic E-state index is 13.0. The van der Waals surface area contributed by atoms with Crippen molar-refractivity contribution in [3.05, 3.63) is 64.7 Å². The van der Waals surface area contributed by atoms with Crippen LogP contribution in [0.25, 0.3) is 0 Å². The van der Waals surface area contributed by atoms with E-state index in [1.807, 2.05) is 19.1 Å². The molecule has 1 fully saturated rings. The number of hydrogen-bond acceptors (Lipinski definition) is 2. The summed E-state index contributed by atoms with van der Waals surface area (Å²) in [5.74, 6) is 0.266. The number of hydrogen-bond donors (Lipinski definition) is 0. The zero-order valence-corrected chi connectivity index (χ0v) is 16.8. The van der Waals surface area contributed by atoms with E-state index in [0.717, 1.165) is 28.8 Å². The van der Waals surface area contributed by atoms with Gasteiger partial charge in [0.05, 0.1) is 10.5 Å². The van der Waals surface area contributed by atoms with Gasteiger partial charge in [0.25, 0.3) is 0 Å². The standard InChI is InChI=1S/C21H24F3NO2S/c1-15-3-4-16(2)20(13-15)28(26,27)25-11-9-18(10-12-25)14-17-5-7-19(8-6-17)21(22,23)24/h3-8,13,18H,9-12,14H2,1-2H3. The van der Waals surface area contributed by atoms with Crippen LogP contribution in [0.4, 0.5) is 13.2 Å². The molecule has 2 aromatic carbocycles. The van der Waals surface area contributed by atoms with Gasteiger partial charge in [0.15, 0.2) is 0 Å². The topological polar surface area (TPSA) is 37.4 Å². The van der Waals surface area contributed by atoms with Crippen molar-refractivity contribution in [1.82, 2.24) is 4.31 Å². The predicted octanol–water partition coefficient (Wildman–Crippen LogP) is 4.97. The molecule has 0 saturated carbocycles. The quantitative estimate of drug-likeness (QED) is 0.713. The van der Waals surface area contributed by atoms with Crippen molar-refractivity contribution in [3.8, 4) is 0 Å². The average molecular weight is 411 g/mol. The van der Waals surface area contributed by atoms with Crippen molar-refractivity contribution in [2.45, 2.75) is 44.2 Å². The summed E-state index contributed by atoms with van der Waals surface area (Å²) >= 11 is 0. The lowest BCUT2D eigenvalue weighted by molar-refractivity contribution is -0.137. The number of benzene rings is 2. The maximum Gasteiger partial charge on any atom is 0.416 e. The Hall–Kier alpha value is -1.86. The first-order valence-corrected chi connectivity index (χ1v) is 10.7. The van der Waals surface area contributed by atoms with E-state index in [1.165, 1.54) is 16.4 Å². The first kappa shape index (κ1) is 20.9. The molecule has 0 amide bonds. The molecule has 7 heteroatoms. The van der Waals surface area contributed by atoms with E-state index in [0.29, 0.717) is 37.2 Å². The molecule has 0 radical (unpaired) electrons. The van der Waals surface area contributed by atoms with Crippen LogP contribution >= 0.6 is 0 Å². The monoisotopic (exact) mass is 411 g/mol. The number of sulfonamides is 1. The smallest absolute Gasteiger partial charge is 0.207 e. The Kier molecular flexibility index (Phi) is 5.87. The molecule has 0 bridgehead atoms. The highest BCUT2D eigenvalue weighted by molar-refractivity contribution is 7.89. The average Bonchev–Trinajstić information content (AvgIpc) is 2.64. The van der Waals surface area contributed by atoms with Crippen LogP contribution in [0.5, 0.6) is 0 Å². The molecule has 28 heavy (non-hydrogen) atoms. The molecular weight excluding hydrogens is 387 g/mol. The molecule has 1 heterocycles. The summed E-state index contributed by atoms with van der Waals surface area (Å²) in [4.78, 5) is 0.355. The fourth-order valence-corrected chi connectivity index (χ4v) is 5.42. The van der Waals surface area contributed by atoms with E-state index in [9.17, 15) is 21.6 Å². The number of rotatable bonds is 4. The largest absolute Gasteiger partial charge is 0.416 e. The van der Waals surface area contributed by atoms with E-state index < -0.39 is 21.8 Å². The number of halogens is 3. The van der Waals surface area contributed by atoms with Gasteiger partial charge in [0.1, 0.15) is 0 Å². The molecular formula is C21H24F3NO2S. The van der Waals surface area contributed by atoms with E-state index in [1.54, 1.807) is 13.0 Å². The number of aryl methyl sites for hydroxylation is 2. The second kappa shape index (κ2) is 7.87. The zero-order valence-electron chi connectivity index (χ0n) is 16.0. The number of piperidine rings is 1. The maximum atomic E-state index is 13.0. The van der Waals surface area contributed by atoms with Crippen molar-refractivity contribution >= 4 is 10.0 Å². The van der Waals surface area contributed by atoms with Crippen molar-refractivity contribution < 1.29 is 21.6 Å². The van der Waals surface area contributed by atoms with Crippen molar-refractivity contribution in [2.75, 3.05) is 13.1 Å². The van der Waals surface area contributed by atoms with Gasteiger partial charge in [-0.25, -0.2) is 8.42 Å². The molecule has 0 N–H and O–H groups in total. The Morgan fingerprint density at radius 3 is 2.18 bits per heavy atom. The second-order valence-corrected chi connectivity index (χ2v) is 9.42. The summed E-state index contributed by atoms with van der Waals surface area (Å²) in [5.41, 5.74) is 1.84. The van der Waals surface area contributed by atoms with E-state index in [2.05, 4.69) is 0 Å². The summed E-state index contributed by atoms with van der Waals surface area (Å²) in [6, 6.07) is 10.7. The minimum atomic E-state index is -4.33. The summed E-state index contributed by atoms with van der Waals surface area (Å²) in [6.45, 7) is 4.53. The van der Waals surface area contributed by atoms with Crippen LogP contribution < -0.4 is 0 Å². The Bertz CT molecular complexity index is 929. The number of alkyl halides is 3. The van der Waals surface area contributed by atoms with Gasteiger partial charge in [-0.15, -0.1) is 0 Å².